The van der Waals surface area contributed by atoms with E-state index in [-0.39, 0.29) is 18.5 Å². The van der Waals surface area contributed by atoms with Crippen LogP contribution in [-0.2, 0) is 16.9 Å². The molecule has 5 heteroatoms. The van der Waals surface area contributed by atoms with Gasteiger partial charge in [-0.1, -0.05) is 61.7 Å². The maximum atomic E-state index is 13.3. The van der Waals surface area contributed by atoms with Crippen LogP contribution in [0, 0.1) is 5.92 Å². The van der Waals surface area contributed by atoms with Gasteiger partial charge >= 0.3 is 0 Å². The van der Waals surface area contributed by atoms with E-state index < -0.39 is 5.54 Å². The average molecular weight is 382 g/mol. The molecule has 4 N–H and O–H groups in total. The molecule has 0 saturated heterocycles. The molecule has 5 nitrogen and oxygen atoms in total. The van der Waals surface area contributed by atoms with E-state index in [9.17, 15) is 4.79 Å². The topological polar surface area (TPSA) is 81.6 Å². The van der Waals surface area contributed by atoms with Crippen LogP contribution >= 0.6 is 0 Å². The molecular formula is C23H31N3O2. The van der Waals surface area contributed by atoms with Gasteiger partial charge in [0.25, 0.3) is 0 Å². The SMILES string of the molecule is CN(CN)C(=O)C(N)(c1cccc(OCc2ccccc2)c1)C1CCCCC1. The molecule has 2 aromatic rings. The third-order valence-corrected chi connectivity index (χ3v) is 5.78. The molecular weight excluding hydrogens is 350 g/mol. The Kier molecular flexibility index (Phi) is 6.70. The molecule has 0 aliphatic heterocycles. The Morgan fingerprint density at radius 2 is 1.82 bits per heavy atom. The summed E-state index contributed by atoms with van der Waals surface area (Å²) in [4.78, 5) is 14.8. The number of hydrogen-bond acceptors (Lipinski definition) is 4. The van der Waals surface area contributed by atoms with E-state index in [0.29, 0.717) is 6.61 Å². The van der Waals surface area contributed by atoms with Crippen molar-refractivity contribution in [3.8, 4) is 5.75 Å². The van der Waals surface area contributed by atoms with Crippen LogP contribution in [0.15, 0.2) is 54.6 Å². The molecule has 1 saturated carbocycles. The van der Waals surface area contributed by atoms with E-state index in [1.165, 1.54) is 11.3 Å². The second kappa shape index (κ2) is 9.22. The number of ether oxygens (including phenoxy) is 1. The van der Waals surface area contributed by atoms with Crippen LogP contribution < -0.4 is 16.2 Å². The van der Waals surface area contributed by atoms with Crippen molar-refractivity contribution in [1.82, 2.24) is 4.90 Å². The fraction of sp³-hybridized carbons (Fsp3) is 0.435. The molecule has 0 bridgehead atoms. The fourth-order valence-electron chi connectivity index (χ4n) is 4.07. The standard InChI is InChI=1S/C23H31N3O2/c1-26(17-24)22(27)23(25,19-11-6-3-7-12-19)20-13-8-14-21(15-20)28-16-18-9-4-2-5-10-18/h2,4-5,8-10,13-15,19H,3,6-7,11-12,16-17,24-25H2,1H3. The number of likely N-dealkylation sites (N-methyl/N-ethyl adjacent to an activating group) is 1. The van der Waals surface area contributed by atoms with Crippen LogP contribution in [0.2, 0.25) is 0 Å². The highest BCUT2D eigenvalue weighted by Crippen LogP contribution is 2.39. The van der Waals surface area contributed by atoms with Crippen molar-refractivity contribution in [3.05, 3.63) is 65.7 Å². The first kappa shape index (κ1) is 20.4. The average Bonchev–Trinajstić information content (AvgIpc) is 2.77. The zero-order valence-corrected chi connectivity index (χ0v) is 16.6. The Labute approximate surface area is 167 Å². The smallest absolute Gasteiger partial charge is 0.248 e. The summed E-state index contributed by atoms with van der Waals surface area (Å²) in [6.45, 7) is 0.622. The van der Waals surface area contributed by atoms with Crippen molar-refractivity contribution in [3.63, 3.8) is 0 Å². The van der Waals surface area contributed by atoms with Gasteiger partial charge < -0.3 is 21.1 Å². The van der Waals surface area contributed by atoms with E-state index in [1.807, 2.05) is 54.6 Å². The summed E-state index contributed by atoms with van der Waals surface area (Å²) in [6, 6.07) is 17.7. The monoisotopic (exact) mass is 381 g/mol. The Morgan fingerprint density at radius 1 is 1.11 bits per heavy atom. The number of hydrogen-bond donors (Lipinski definition) is 2. The van der Waals surface area contributed by atoms with Gasteiger partial charge in [0.2, 0.25) is 5.91 Å². The van der Waals surface area contributed by atoms with Gasteiger partial charge in [0.1, 0.15) is 17.9 Å². The molecule has 0 radical (unpaired) electrons. The van der Waals surface area contributed by atoms with Gasteiger partial charge in [-0.25, -0.2) is 0 Å². The summed E-state index contributed by atoms with van der Waals surface area (Å²) in [7, 11) is 1.71. The van der Waals surface area contributed by atoms with Gasteiger partial charge in [-0.05, 0) is 42.0 Å². The predicted molar refractivity (Wildman–Crippen MR) is 111 cm³/mol. The summed E-state index contributed by atoms with van der Waals surface area (Å²) < 4.78 is 5.98. The first-order valence-electron chi connectivity index (χ1n) is 10.1. The van der Waals surface area contributed by atoms with E-state index in [2.05, 4.69) is 0 Å². The molecule has 0 spiro atoms. The summed E-state index contributed by atoms with van der Waals surface area (Å²) in [5, 5.41) is 0. The lowest BCUT2D eigenvalue weighted by atomic mass is 9.70. The Morgan fingerprint density at radius 3 is 2.50 bits per heavy atom. The first-order valence-corrected chi connectivity index (χ1v) is 10.1. The number of amides is 1. The summed E-state index contributed by atoms with van der Waals surface area (Å²) in [5.74, 6) is 0.699. The highest BCUT2D eigenvalue weighted by molar-refractivity contribution is 5.88. The summed E-state index contributed by atoms with van der Waals surface area (Å²) in [6.07, 6.45) is 5.32. The van der Waals surface area contributed by atoms with Crippen molar-refractivity contribution < 1.29 is 9.53 Å². The van der Waals surface area contributed by atoms with Gasteiger partial charge in [0.15, 0.2) is 0 Å². The lowest BCUT2D eigenvalue weighted by Crippen LogP contribution is -2.57. The number of rotatable bonds is 7. The van der Waals surface area contributed by atoms with Crippen molar-refractivity contribution >= 4 is 5.91 Å². The largest absolute Gasteiger partial charge is 0.489 e. The van der Waals surface area contributed by atoms with Crippen LogP contribution in [0.3, 0.4) is 0 Å². The van der Waals surface area contributed by atoms with Gasteiger partial charge in [0, 0.05) is 7.05 Å². The number of carbonyl (C=O) groups excluding carboxylic acids is 1. The Hall–Kier alpha value is -2.37. The molecule has 1 fully saturated rings. The predicted octanol–water partition coefficient (Wildman–Crippen LogP) is 3.37. The zero-order valence-electron chi connectivity index (χ0n) is 16.6. The van der Waals surface area contributed by atoms with E-state index >= 15 is 0 Å². The number of nitrogens with two attached hydrogens (primary N) is 2. The number of benzene rings is 2. The highest BCUT2D eigenvalue weighted by Gasteiger charge is 2.45. The normalized spacial score (nSPS) is 17.0. The summed E-state index contributed by atoms with van der Waals surface area (Å²) in [5.41, 5.74) is 13.4. The van der Waals surface area contributed by atoms with Crippen LogP contribution in [-0.4, -0.2) is 24.5 Å². The molecule has 0 aromatic heterocycles. The van der Waals surface area contributed by atoms with Gasteiger partial charge in [-0.15, -0.1) is 0 Å². The van der Waals surface area contributed by atoms with Crippen molar-refractivity contribution in [2.24, 2.45) is 17.4 Å². The maximum Gasteiger partial charge on any atom is 0.248 e. The minimum Gasteiger partial charge on any atom is -0.489 e. The lowest BCUT2D eigenvalue weighted by Gasteiger charge is -2.41. The molecule has 28 heavy (non-hydrogen) atoms. The van der Waals surface area contributed by atoms with Crippen LogP contribution in [0.25, 0.3) is 0 Å². The molecule has 3 rings (SSSR count). The van der Waals surface area contributed by atoms with Gasteiger partial charge in [0.05, 0.1) is 6.67 Å². The third kappa shape index (κ3) is 4.37. The quantitative estimate of drug-likeness (QED) is 0.721. The Balaban J connectivity index is 1.88. The molecule has 1 unspecified atom stereocenters. The first-order chi connectivity index (χ1) is 13.6. The zero-order chi connectivity index (χ0) is 20.0. The third-order valence-electron chi connectivity index (χ3n) is 5.78. The molecule has 2 aromatic carbocycles. The number of nitrogens with zero attached hydrogens (tertiary/aromatic N) is 1. The van der Waals surface area contributed by atoms with Crippen LogP contribution in [0.1, 0.15) is 43.2 Å². The summed E-state index contributed by atoms with van der Waals surface area (Å²) >= 11 is 0. The molecule has 0 heterocycles. The van der Waals surface area contributed by atoms with Gasteiger partial charge in [-0.2, -0.15) is 0 Å². The molecule has 1 aliphatic rings. The van der Waals surface area contributed by atoms with Crippen molar-refractivity contribution in [2.75, 3.05) is 13.7 Å². The minimum absolute atomic E-state index is 0.104. The number of carbonyl (C=O) groups is 1. The highest BCUT2D eigenvalue weighted by atomic mass is 16.5. The molecule has 1 amide bonds. The van der Waals surface area contributed by atoms with Crippen LogP contribution in [0.5, 0.6) is 5.75 Å². The van der Waals surface area contributed by atoms with Crippen molar-refractivity contribution in [1.29, 1.82) is 0 Å². The molecule has 1 atom stereocenters. The van der Waals surface area contributed by atoms with Gasteiger partial charge in [-0.3, -0.25) is 4.79 Å². The lowest BCUT2D eigenvalue weighted by molar-refractivity contribution is -0.138. The van der Waals surface area contributed by atoms with Crippen LogP contribution in [0.4, 0.5) is 0 Å². The maximum absolute atomic E-state index is 13.3. The molecule has 150 valence electrons. The Bertz CT molecular complexity index is 774. The fourth-order valence-corrected chi connectivity index (χ4v) is 4.07. The molecule has 1 aliphatic carbocycles. The minimum atomic E-state index is -1.08. The van der Waals surface area contributed by atoms with Crippen molar-refractivity contribution in [2.45, 2.75) is 44.2 Å². The second-order valence-electron chi connectivity index (χ2n) is 7.69. The van der Waals surface area contributed by atoms with E-state index in [4.69, 9.17) is 16.2 Å². The van der Waals surface area contributed by atoms with E-state index in [0.717, 1.165) is 42.6 Å². The second-order valence-corrected chi connectivity index (χ2v) is 7.69. The van der Waals surface area contributed by atoms with E-state index in [1.54, 1.807) is 7.05 Å².